The summed E-state index contributed by atoms with van der Waals surface area (Å²) < 4.78 is 0. The molecule has 0 aliphatic rings. The predicted molar refractivity (Wildman–Crippen MR) is 74.4 cm³/mol. The second-order valence-electron chi connectivity index (χ2n) is 3.90. The molecule has 0 amide bonds. The first-order valence-corrected chi connectivity index (χ1v) is 6.28. The summed E-state index contributed by atoms with van der Waals surface area (Å²) >= 11 is 1.39. The maximum Gasteiger partial charge on any atom is 0.212 e. The first-order chi connectivity index (χ1) is 8.67. The highest BCUT2D eigenvalue weighted by Crippen LogP contribution is 2.25. The van der Waals surface area contributed by atoms with Gasteiger partial charge in [0.15, 0.2) is 0 Å². The Hall–Kier alpha value is -1.92. The predicted octanol–water partition coefficient (Wildman–Crippen LogP) is 3.14. The molecule has 0 aliphatic heterocycles. The minimum atomic E-state index is 0.573. The van der Waals surface area contributed by atoms with Crippen molar-refractivity contribution >= 4 is 34.3 Å². The molecule has 1 aromatic heterocycles. The van der Waals surface area contributed by atoms with E-state index in [1.165, 1.54) is 28.8 Å². The van der Waals surface area contributed by atoms with Gasteiger partial charge in [0.05, 0.1) is 0 Å². The van der Waals surface area contributed by atoms with Crippen LogP contribution >= 0.6 is 11.3 Å². The van der Waals surface area contributed by atoms with Crippen molar-refractivity contribution in [2.45, 2.75) is 13.8 Å². The third-order valence-corrected chi connectivity index (χ3v) is 2.97. The van der Waals surface area contributed by atoms with E-state index in [1.807, 2.05) is 10.9 Å². The van der Waals surface area contributed by atoms with Crippen LogP contribution in [0.15, 0.2) is 28.6 Å². The van der Waals surface area contributed by atoms with Gasteiger partial charge in [-0.2, -0.15) is 0 Å². The van der Waals surface area contributed by atoms with Gasteiger partial charge in [-0.25, -0.2) is 9.98 Å². The molecule has 3 N–H and O–H groups in total. The number of thiazole rings is 1. The molecule has 2 aromatic rings. The number of benzene rings is 1. The van der Waals surface area contributed by atoms with Gasteiger partial charge in [-0.05, 0) is 37.1 Å². The summed E-state index contributed by atoms with van der Waals surface area (Å²) in [6, 6.07) is 6.24. The van der Waals surface area contributed by atoms with Crippen LogP contribution in [0.2, 0.25) is 0 Å². The number of anilines is 2. The van der Waals surface area contributed by atoms with E-state index in [9.17, 15) is 0 Å². The Balaban J connectivity index is 2.13. The van der Waals surface area contributed by atoms with Crippen molar-refractivity contribution in [3.05, 3.63) is 34.7 Å². The number of nitrogens with one attached hydrogen (secondary N) is 2. The first kappa shape index (κ1) is 12.5. The third kappa shape index (κ3) is 3.28. The van der Waals surface area contributed by atoms with Gasteiger partial charge < -0.3 is 5.32 Å². The Morgan fingerprint density at radius 2 is 2.00 bits per heavy atom. The maximum atomic E-state index is 8.39. The van der Waals surface area contributed by atoms with E-state index in [2.05, 4.69) is 47.3 Å². The molecular weight excluding hydrogens is 248 g/mol. The second-order valence-corrected chi connectivity index (χ2v) is 4.74. The summed E-state index contributed by atoms with van der Waals surface area (Å²) in [4.78, 5) is 8.16. The molecule has 6 heteroatoms. The summed E-state index contributed by atoms with van der Waals surface area (Å²) in [5, 5.41) is 14.1. The highest BCUT2D eigenvalue weighted by Gasteiger charge is 2.01. The normalized spacial score (nSPS) is 10.8. The zero-order valence-corrected chi connectivity index (χ0v) is 11.0. The third-order valence-electron chi connectivity index (χ3n) is 2.22. The van der Waals surface area contributed by atoms with Crippen LogP contribution in [-0.2, 0) is 0 Å². The number of hydrogen-bond acceptors (Lipinski definition) is 5. The average Bonchev–Trinajstić information content (AvgIpc) is 2.72. The lowest BCUT2D eigenvalue weighted by atomic mass is 10.1. The van der Waals surface area contributed by atoms with Crippen LogP contribution in [0.4, 0.5) is 16.6 Å². The summed E-state index contributed by atoms with van der Waals surface area (Å²) in [5.74, 6) is 0.745. The largest absolute Gasteiger partial charge is 0.339 e. The molecule has 5 nitrogen and oxygen atoms in total. The van der Waals surface area contributed by atoms with Gasteiger partial charge in [-0.15, -0.1) is 11.3 Å². The van der Waals surface area contributed by atoms with E-state index in [0.717, 1.165) is 11.5 Å². The van der Waals surface area contributed by atoms with E-state index in [-0.39, 0.29) is 0 Å². The standard InChI is InChI=1S/C12H14N4OS/c1-8-3-9(2)5-10(4-8)15-11-6-18-12(16-11)13-7-14-17/h3-7,15,17H,1-2H3,(H,13,14,16). The molecule has 94 valence electrons. The van der Waals surface area contributed by atoms with Crippen molar-refractivity contribution < 1.29 is 5.21 Å². The zero-order valence-electron chi connectivity index (χ0n) is 10.1. The maximum absolute atomic E-state index is 8.39. The van der Waals surface area contributed by atoms with Crippen LogP contribution in [0.1, 0.15) is 11.1 Å². The smallest absolute Gasteiger partial charge is 0.212 e. The molecule has 0 radical (unpaired) electrons. The molecule has 0 bridgehead atoms. The minimum Gasteiger partial charge on any atom is -0.339 e. The van der Waals surface area contributed by atoms with E-state index in [0.29, 0.717) is 5.13 Å². The van der Waals surface area contributed by atoms with Crippen molar-refractivity contribution in [1.29, 1.82) is 0 Å². The van der Waals surface area contributed by atoms with Crippen molar-refractivity contribution in [2.24, 2.45) is 4.99 Å². The van der Waals surface area contributed by atoms with Crippen LogP contribution in [0.3, 0.4) is 0 Å². The fourth-order valence-corrected chi connectivity index (χ4v) is 2.25. The summed E-state index contributed by atoms with van der Waals surface area (Å²) in [7, 11) is 0. The molecular formula is C12H14N4OS. The number of aromatic nitrogens is 1. The van der Waals surface area contributed by atoms with E-state index in [1.54, 1.807) is 0 Å². The summed E-state index contributed by atoms with van der Waals surface area (Å²) in [6.07, 6.45) is 1.18. The molecule has 0 unspecified atom stereocenters. The van der Waals surface area contributed by atoms with E-state index in [4.69, 9.17) is 5.21 Å². The molecule has 1 aromatic carbocycles. The Labute approximate surface area is 109 Å². The second kappa shape index (κ2) is 5.61. The Morgan fingerprint density at radius 1 is 1.28 bits per heavy atom. The lowest BCUT2D eigenvalue weighted by molar-refractivity contribution is 0.240. The average molecular weight is 262 g/mol. The fraction of sp³-hybridized carbons (Fsp3) is 0.167. The number of hydroxylamine groups is 1. The molecule has 2 rings (SSSR count). The monoisotopic (exact) mass is 262 g/mol. The van der Waals surface area contributed by atoms with Crippen molar-refractivity contribution in [3.8, 4) is 0 Å². The molecule has 0 fully saturated rings. The molecule has 0 saturated heterocycles. The lowest BCUT2D eigenvalue weighted by Crippen LogP contribution is -2.00. The van der Waals surface area contributed by atoms with Gasteiger partial charge in [0.2, 0.25) is 5.13 Å². The van der Waals surface area contributed by atoms with Crippen LogP contribution in [0.5, 0.6) is 0 Å². The highest BCUT2D eigenvalue weighted by atomic mass is 32.1. The molecule has 0 atom stereocenters. The van der Waals surface area contributed by atoms with Crippen LogP contribution < -0.4 is 10.8 Å². The Kier molecular flexibility index (Phi) is 3.91. The van der Waals surface area contributed by atoms with Crippen molar-refractivity contribution in [2.75, 3.05) is 5.32 Å². The molecule has 0 spiro atoms. The fourth-order valence-electron chi connectivity index (χ4n) is 1.66. The first-order valence-electron chi connectivity index (χ1n) is 5.40. The van der Waals surface area contributed by atoms with Crippen LogP contribution in [0.25, 0.3) is 0 Å². The Bertz CT molecular complexity index is 545. The van der Waals surface area contributed by atoms with Gasteiger partial charge >= 0.3 is 0 Å². The van der Waals surface area contributed by atoms with E-state index >= 15 is 0 Å². The van der Waals surface area contributed by atoms with Crippen LogP contribution in [-0.4, -0.2) is 16.5 Å². The number of aryl methyl sites for hydroxylation is 2. The molecule has 0 aliphatic carbocycles. The summed E-state index contributed by atoms with van der Waals surface area (Å²) in [5.41, 5.74) is 5.26. The molecule has 0 saturated carbocycles. The number of nitrogens with zero attached hydrogens (tertiary/aromatic N) is 2. The quantitative estimate of drug-likeness (QED) is 0.450. The molecule has 1 heterocycles. The Morgan fingerprint density at radius 3 is 2.67 bits per heavy atom. The number of rotatable bonds is 4. The number of hydrogen-bond donors (Lipinski definition) is 3. The van der Waals surface area contributed by atoms with Gasteiger partial charge in [0, 0.05) is 11.1 Å². The minimum absolute atomic E-state index is 0.573. The van der Waals surface area contributed by atoms with Crippen molar-refractivity contribution in [3.63, 3.8) is 0 Å². The van der Waals surface area contributed by atoms with E-state index < -0.39 is 0 Å². The topological polar surface area (TPSA) is 69.5 Å². The SMILES string of the molecule is Cc1cc(C)cc(Nc2csc(/N=C\NO)n2)c1. The lowest BCUT2D eigenvalue weighted by Gasteiger charge is -2.05. The van der Waals surface area contributed by atoms with Gasteiger partial charge in [0.25, 0.3) is 0 Å². The highest BCUT2D eigenvalue weighted by molar-refractivity contribution is 7.13. The zero-order chi connectivity index (χ0) is 13.0. The van der Waals surface area contributed by atoms with Gasteiger partial charge in [-0.1, -0.05) is 6.07 Å². The van der Waals surface area contributed by atoms with Crippen LogP contribution in [0, 0.1) is 13.8 Å². The summed E-state index contributed by atoms with van der Waals surface area (Å²) in [6.45, 7) is 4.11. The molecule has 18 heavy (non-hydrogen) atoms. The van der Waals surface area contributed by atoms with Gasteiger partial charge in [0.1, 0.15) is 12.2 Å². The number of aliphatic imine (C=N–C) groups is 1. The van der Waals surface area contributed by atoms with Gasteiger partial charge in [-0.3, -0.25) is 10.7 Å². The van der Waals surface area contributed by atoms with Crippen molar-refractivity contribution in [1.82, 2.24) is 10.5 Å².